The zero-order valence-electron chi connectivity index (χ0n) is 20.9. The van der Waals surface area contributed by atoms with Gasteiger partial charge < -0.3 is 40.1 Å². The Hall–Kier alpha value is -1.50. The molecule has 0 bridgehead atoms. The summed E-state index contributed by atoms with van der Waals surface area (Å²) in [6.45, 7) is 3.74. The van der Waals surface area contributed by atoms with Crippen LogP contribution in [0.5, 0.6) is 11.5 Å². The SMILES string of the molecule is CC[C@@H](O)[C@H](O)CC.OC(COc1ccccc1)[C@H](O)COc1ccccc1.O[C@H](CS)[C@H](O)CS. The molecule has 206 valence electrons. The summed E-state index contributed by atoms with van der Waals surface area (Å²) in [5.41, 5.74) is 0. The molecule has 0 spiro atoms. The van der Waals surface area contributed by atoms with Crippen LogP contribution in [0.25, 0.3) is 0 Å². The van der Waals surface area contributed by atoms with Crippen molar-refractivity contribution in [3.63, 3.8) is 0 Å². The zero-order chi connectivity index (χ0) is 27.3. The molecule has 0 fully saturated rings. The average Bonchev–Trinajstić information content (AvgIpc) is 2.94. The third-order valence-corrected chi connectivity index (χ3v) is 5.62. The molecule has 8 nitrogen and oxygen atoms in total. The zero-order valence-corrected chi connectivity index (χ0v) is 22.7. The Morgan fingerprint density at radius 1 is 0.528 bits per heavy atom. The van der Waals surface area contributed by atoms with Gasteiger partial charge in [0, 0.05) is 11.5 Å². The Labute approximate surface area is 225 Å². The predicted molar refractivity (Wildman–Crippen MR) is 148 cm³/mol. The van der Waals surface area contributed by atoms with Crippen LogP contribution >= 0.6 is 25.3 Å². The minimum atomic E-state index is -1.00. The van der Waals surface area contributed by atoms with Gasteiger partial charge in [-0.2, -0.15) is 25.3 Å². The van der Waals surface area contributed by atoms with Gasteiger partial charge in [0.1, 0.15) is 36.9 Å². The van der Waals surface area contributed by atoms with Crippen LogP contribution in [0.4, 0.5) is 0 Å². The van der Waals surface area contributed by atoms with Gasteiger partial charge in [-0.3, -0.25) is 0 Å². The Morgan fingerprint density at radius 2 is 0.833 bits per heavy atom. The van der Waals surface area contributed by atoms with Gasteiger partial charge in [-0.25, -0.2) is 0 Å². The van der Waals surface area contributed by atoms with Crippen LogP contribution < -0.4 is 9.47 Å². The second kappa shape index (κ2) is 21.6. The monoisotopic (exact) mass is 546 g/mol. The highest BCUT2D eigenvalue weighted by Crippen LogP contribution is 2.11. The second-order valence-electron chi connectivity index (χ2n) is 7.83. The minimum Gasteiger partial charge on any atom is -0.491 e. The van der Waals surface area contributed by atoms with Gasteiger partial charge in [0.05, 0.1) is 24.4 Å². The summed E-state index contributed by atoms with van der Waals surface area (Å²) in [5.74, 6) is 1.87. The van der Waals surface area contributed by atoms with Gasteiger partial charge in [0.25, 0.3) is 0 Å². The Bertz CT molecular complexity index is 662. The largest absolute Gasteiger partial charge is 0.491 e. The Kier molecular flexibility index (Phi) is 20.7. The van der Waals surface area contributed by atoms with Crippen molar-refractivity contribution >= 4 is 25.3 Å². The van der Waals surface area contributed by atoms with Crippen molar-refractivity contribution in [2.24, 2.45) is 0 Å². The Balaban J connectivity index is 0.000000634. The van der Waals surface area contributed by atoms with Crippen LogP contribution in [0, 0.1) is 0 Å². The first-order valence-electron chi connectivity index (χ1n) is 11.9. The van der Waals surface area contributed by atoms with Crippen molar-refractivity contribution in [3.05, 3.63) is 60.7 Å². The van der Waals surface area contributed by atoms with Crippen molar-refractivity contribution in [2.45, 2.75) is 63.3 Å². The predicted octanol–water partition coefficient (Wildman–Crippen LogP) is 1.96. The maximum absolute atomic E-state index is 9.80. The first-order chi connectivity index (χ1) is 17.2. The van der Waals surface area contributed by atoms with E-state index in [9.17, 15) is 10.2 Å². The van der Waals surface area contributed by atoms with E-state index in [4.69, 9.17) is 29.9 Å². The number of benzene rings is 2. The van der Waals surface area contributed by atoms with E-state index in [1.807, 2.05) is 50.2 Å². The van der Waals surface area contributed by atoms with Gasteiger partial charge in [-0.15, -0.1) is 0 Å². The first-order valence-corrected chi connectivity index (χ1v) is 13.1. The van der Waals surface area contributed by atoms with Crippen molar-refractivity contribution in [1.82, 2.24) is 0 Å². The second-order valence-corrected chi connectivity index (χ2v) is 8.56. The molecule has 0 aliphatic carbocycles. The van der Waals surface area contributed by atoms with Crippen LogP contribution in [0.15, 0.2) is 60.7 Å². The van der Waals surface area contributed by atoms with Crippen molar-refractivity contribution in [3.8, 4) is 11.5 Å². The normalized spacial score (nSPS) is 15.5. The molecular formula is C26H42O8S2. The fourth-order valence-corrected chi connectivity index (χ4v) is 2.89. The number of para-hydroxylation sites is 2. The molecule has 0 aromatic heterocycles. The van der Waals surface area contributed by atoms with E-state index in [-0.39, 0.29) is 24.7 Å². The number of hydrogen-bond acceptors (Lipinski definition) is 10. The molecule has 0 saturated heterocycles. The molecule has 2 aromatic carbocycles. The summed E-state index contributed by atoms with van der Waals surface area (Å²) < 4.78 is 10.8. The van der Waals surface area contributed by atoms with E-state index in [0.717, 1.165) is 0 Å². The smallest absolute Gasteiger partial charge is 0.119 e. The number of ether oxygens (including phenoxy) is 2. The summed E-state index contributed by atoms with van der Waals surface area (Å²) in [6, 6.07) is 18.3. The third kappa shape index (κ3) is 16.3. The maximum atomic E-state index is 9.80. The van der Waals surface area contributed by atoms with Gasteiger partial charge in [0.15, 0.2) is 0 Å². The molecule has 0 aliphatic heterocycles. The van der Waals surface area contributed by atoms with Crippen LogP contribution in [0.3, 0.4) is 0 Å². The van der Waals surface area contributed by atoms with Crippen LogP contribution in [0.1, 0.15) is 26.7 Å². The average molecular weight is 547 g/mol. The van der Waals surface area contributed by atoms with E-state index < -0.39 is 36.6 Å². The lowest BCUT2D eigenvalue weighted by molar-refractivity contribution is -0.0288. The summed E-state index contributed by atoms with van der Waals surface area (Å²) in [4.78, 5) is 0. The lowest BCUT2D eigenvalue weighted by Gasteiger charge is -2.18. The molecule has 0 amide bonds. The molecule has 0 saturated carbocycles. The fraction of sp³-hybridized carbons (Fsp3) is 0.538. The van der Waals surface area contributed by atoms with Gasteiger partial charge in [0.2, 0.25) is 0 Å². The number of hydrogen-bond donors (Lipinski definition) is 8. The van der Waals surface area contributed by atoms with Gasteiger partial charge in [-0.05, 0) is 37.1 Å². The molecule has 1 unspecified atom stereocenters. The molecule has 0 aliphatic rings. The number of rotatable bonds is 13. The molecule has 0 heterocycles. The maximum Gasteiger partial charge on any atom is 0.119 e. The van der Waals surface area contributed by atoms with Crippen LogP contribution in [0.2, 0.25) is 0 Å². The minimum absolute atomic E-state index is 0.0172. The fourth-order valence-electron chi connectivity index (χ4n) is 2.41. The summed E-state index contributed by atoms with van der Waals surface area (Å²) in [5, 5.41) is 54.9. The first kappa shape index (κ1) is 34.5. The number of thiol groups is 2. The molecule has 10 heteroatoms. The lowest BCUT2D eigenvalue weighted by Crippen LogP contribution is -2.36. The Morgan fingerprint density at radius 3 is 1.08 bits per heavy atom. The van der Waals surface area contributed by atoms with Gasteiger partial charge in [-0.1, -0.05) is 50.2 Å². The van der Waals surface area contributed by atoms with E-state index in [1.165, 1.54) is 0 Å². The highest BCUT2D eigenvalue weighted by molar-refractivity contribution is 7.80. The molecule has 36 heavy (non-hydrogen) atoms. The molecule has 0 radical (unpaired) electrons. The van der Waals surface area contributed by atoms with E-state index >= 15 is 0 Å². The van der Waals surface area contributed by atoms with E-state index in [2.05, 4.69) is 25.3 Å². The van der Waals surface area contributed by atoms with Gasteiger partial charge >= 0.3 is 0 Å². The van der Waals surface area contributed by atoms with Crippen molar-refractivity contribution < 1.29 is 40.1 Å². The highest BCUT2D eigenvalue weighted by Gasteiger charge is 2.18. The molecule has 6 N–H and O–H groups in total. The van der Waals surface area contributed by atoms with Crippen LogP contribution in [-0.2, 0) is 0 Å². The molecular weight excluding hydrogens is 504 g/mol. The molecule has 6 atom stereocenters. The summed E-state index contributed by atoms with van der Waals surface area (Å²) >= 11 is 7.53. The number of aliphatic hydroxyl groups is 6. The molecule has 2 rings (SSSR count). The van der Waals surface area contributed by atoms with Crippen LogP contribution in [-0.4, -0.2) is 92.0 Å². The summed E-state index contributed by atoms with van der Waals surface area (Å²) in [6.07, 6.45) is -3.27. The third-order valence-electron chi connectivity index (χ3n) is 4.87. The van der Waals surface area contributed by atoms with E-state index in [1.54, 1.807) is 24.3 Å². The lowest BCUT2D eigenvalue weighted by atomic mass is 10.1. The molecule has 2 aromatic rings. The van der Waals surface area contributed by atoms with Crippen molar-refractivity contribution in [2.75, 3.05) is 24.7 Å². The topological polar surface area (TPSA) is 140 Å². The number of aliphatic hydroxyl groups excluding tert-OH is 6. The standard InChI is InChI=1S/C16H18O4.C6H14O2.C4H10O2S2/c17-15(11-19-13-7-3-1-4-8-13)16(18)12-20-14-9-5-2-6-10-14;1-3-5(7)6(8)4-2;5-3(1-7)4(6)2-8/h1-10,15-18H,11-12H2;5-8H,3-4H2,1-2H3;3-8H,1-2H2/t15-,16?;5-,6-;3-,4-/m111/s1. The summed E-state index contributed by atoms with van der Waals surface area (Å²) in [7, 11) is 0. The van der Waals surface area contributed by atoms with E-state index in [0.29, 0.717) is 24.3 Å². The van der Waals surface area contributed by atoms with Crippen molar-refractivity contribution in [1.29, 1.82) is 0 Å². The highest BCUT2D eigenvalue weighted by atomic mass is 32.1. The quantitative estimate of drug-likeness (QED) is 0.178.